The maximum absolute atomic E-state index is 13.1. The van der Waals surface area contributed by atoms with Gasteiger partial charge in [0.05, 0.1) is 5.56 Å². The van der Waals surface area contributed by atoms with Crippen LogP contribution in [0.15, 0.2) is 12.1 Å². The topological polar surface area (TPSA) is 29.1 Å². The van der Waals surface area contributed by atoms with Crippen LogP contribution in [0.4, 0.5) is 4.39 Å². The van der Waals surface area contributed by atoms with Crippen molar-refractivity contribution >= 4 is 5.91 Å². The molecular weight excluding hydrogens is 181 g/mol. The van der Waals surface area contributed by atoms with Crippen LogP contribution in [0.2, 0.25) is 0 Å². The Morgan fingerprint density at radius 2 is 2.00 bits per heavy atom. The zero-order valence-corrected chi connectivity index (χ0v) is 8.65. The van der Waals surface area contributed by atoms with Crippen LogP contribution < -0.4 is 5.32 Å². The lowest BCUT2D eigenvalue weighted by molar-refractivity contribution is 0.0962. The van der Waals surface area contributed by atoms with Gasteiger partial charge in [-0.1, -0.05) is 19.9 Å². The molecule has 1 aromatic carbocycles. The molecule has 0 bridgehead atoms. The van der Waals surface area contributed by atoms with Gasteiger partial charge in [-0.25, -0.2) is 4.39 Å². The van der Waals surface area contributed by atoms with Gasteiger partial charge >= 0.3 is 0 Å². The molecule has 0 aliphatic carbocycles. The van der Waals surface area contributed by atoms with E-state index in [1.807, 2.05) is 26.8 Å². The molecule has 76 valence electrons. The Morgan fingerprint density at radius 1 is 1.36 bits per heavy atom. The molecular formula is C11H14FNO. The number of rotatable bonds is 0. The summed E-state index contributed by atoms with van der Waals surface area (Å²) in [5.74, 6) is -0.720. The van der Waals surface area contributed by atoms with Gasteiger partial charge in [0.2, 0.25) is 0 Å². The number of fused-ring (bicyclic) bond motifs is 1. The van der Waals surface area contributed by atoms with Gasteiger partial charge < -0.3 is 5.32 Å². The number of aryl methyl sites for hydroxylation is 1. The maximum Gasteiger partial charge on any atom is 0.254 e. The molecule has 1 aliphatic rings. The normalized spacial score (nSPS) is 12.7. The molecule has 1 heterocycles. The number of hydrogen-bond donors (Lipinski definition) is 1. The molecule has 0 unspecified atom stereocenters. The molecule has 0 saturated carbocycles. The van der Waals surface area contributed by atoms with E-state index in [9.17, 15) is 9.18 Å². The van der Waals surface area contributed by atoms with E-state index < -0.39 is 5.82 Å². The van der Waals surface area contributed by atoms with E-state index in [4.69, 9.17) is 0 Å². The highest BCUT2D eigenvalue weighted by Gasteiger charge is 2.22. The monoisotopic (exact) mass is 195 g/mol. The van der Waals surface area contributed by atoms with Crippen molar-refractivity contribution in [3.63, 3.8) is 0 Å². The van der Waals surface area contributed by atoms with Gasteiger partial charge in [0.15, 0.2) is 0 Å². The molecule has 2 nitrogen and oxygen atoms in total. The van der Waals surface area contributed by atoms with Crippen molar-refractivity contribution in [2.24, 2.45) is 0 Å². The van der Waals surface area contributed by atoms with E-state index in [0.29, 0.717) is 6.54 Å². The highest BCUT2D eigenvalue weighted by atomic mass is 19.1. The third-order valence-electron chi connectivity index (χ3n) is 1.98. The van der Waals surface area contributed by atoms with E-state index in [2.05, 4.69) is 5.32 Å². The molecule has 14 heavy (non-hydrogen) atoms. The fourth-order valence-corrected chi connectivity index (χ4v) is 1.47. The Bertz CT molecular complexity index is 361. The Balaban J connectivity index is 0.000000461. The third-order valence-corrected chi connectivity index (χ3v) is 1.98. The summed E-state index contributed by atoms with van der Waals surface area (Å²) in [4.78, 5) is 11.0. The second-order valence-electron chi connectivity index (χ2n) is 2.96. The van der Waals surface area contributed by atoms with E-state index in [0.717, 1.165) is 11.1 Å². The van der Waals surface area contributed by atoms with Gasteiger partial charge in [-0.05, 0) is 24.1 Å². The largest absolute Gasteiger partial charge is 0.348 e. The van der Waals surface area contributed by atoms with Gasteiger partial charge in [-0.15, -0.1) is 0 Å². The van der Waals surface area contributed by atoms with Crippen molar-refractivity contribution in [1.29, 1.82) is 0 Å². The van der Waals surface area contributed by atoms with Gasteiger partial charge in [-0.2, -0.15) is 0 Å². The molecule has 2 rings (SSSR count). The molecule has 0 saturated heterocycles. The predicted molar refractivity (Wildman–Crippen MR) is 53.7 cm³/mol. The standard InChI is InChI=1S/C9H8FNO.C2H6/c1-5-2-6-4-11-9(12)8(6)7(10)3-5;1-2/h2-3H,4H2,1H3,(H,11,12);1-2H3. The average molecular weight is 195 g/mol. The van der Waals surface area contributed by atoms with Crippen LogP contribution in [0.5, 0.6) is 0 Å². The summed E-state index contributed by atoms with van der Waals surface area (Å²) >= 11 is 0. The van der Waals surface area contributed by atoms with Crippen LogP contribution in [-0.2, 0) is 6.54 Å². The van der Waals surface area contributed by atoms with Crippen LogP contribution in [0.25, 0.3) is 0 Å². The molecule has 0 fully saturated rings. The van der Waals surface area contributed by atoms with Crippen molar-refractivity contribution in [2.75, 3.05) is 0 Å². The Labute approximate surface area is 83.1 Å². The maximum atomic E-state index is 13.1. The Hall–Kier alpha value is -1.38. The molecule has 1 aromatic rings. The molecule has 0 radical (unpaired) electrons. The first-order valence-electron chi connectivity index (χ1n) is 4.75. The lowest BCUT2D eigenvalue weighted by atomic mass is 10.1. The minimum Gasteiger partial charge on any atom is -0.348 e. The second-order valence-corrected chi connectivity index (χ2v) is 2.96. The lowest BCUT2D eigenvalue weighted by Gasteiger charge is -1.98. The summed E-state index contributed by atoms with van der Waals surface area (Å²) in [6.45, 7) is 6.26. The molecule has 3 heteroatoms. The number of carbonyl (C=O) groups is 1. The van der Waals surface area contributed by atoms with E-state index in [1.54, 1.807) is 0 Å². The zero-order valence-electron chi connectivity index (χ0n) is 8.65. The Morgan fingerprint density at radius 3 is 2.64 bits per heavy atom. The van der Waals surface area contributed by atoms with Crippen LogP contribution in [0.1, 0.15) is 35.3 Å². The number of halogens is 1. The molecule has 0 aromatic heterocycles. The smallest absolute Gasteiger partial charge is 0.254 e. The van der Waals surface area contributed by atoms with Crippen molar-refractivity contribution in [3.05, 3.63) is 34.6 Å². The van der Waals surface area contributed by atoms with Crippen LogP contribution >= 0.6 is 0 Å². The molecule has 1 N–H and O–H groups in total. The summed E-state index contributed by atoms with van der Waals surface area (Å²) in [6.07, 6.45) is 0. The van der Waals surface area contributed by atoms with E-state index >= 15 is 0 Å². The first-order valence-corrected chi connectivity index (χ1v) is 4.75. The van der Waals surface area contributed by atoms with Crippen molar-refractivity contribution in [3.8, 4) is 0 Å². The van der Waals surface area contributed by atoms with Gasteiger partial charge in [0.25, 0.3) is 5.91 Å². The molecule has 1 amide bonds. The summed E-state index contributed by atoms with van der Waals surface area (Å²) in [5, 5.41) is 2.57. The van der Waals surface area contributed by atoms with E-state index in [-0.39, 0.29) is 11.5 Å². The summed E-state index contributed by atoms with van der Waals surface area (Å²) in [5.41, 5.74) is 1.82. The van der Waals surface area contributed by atoms with Crippen molar-refractivity contribution in [2.45, 2.75) is 27.3 Å². The van der Waals surface area contributed by atoms with Crippen LogP contribution in [0.3, 0.4) is 0 Å². The van der Waals surface area contributed by atoms with Gasteiger partial charge in [0, 0.05) is 6.54 Å². The molecule has 1 aliphatic heterocycles. The summed E-state index contributed by atoms with van der Waals surface area (Å²) < 4.78 is 13.1. The van der Waals surface area contributed by atoms with Crippen LogP contribution in [0, 0.1) is 12.7 Å². The summed E-state index contributed by atoms with van der Waals surface area (Å²) in [6, 6.07) is 3.21. The predicted octanol–water partition coefficient (Wildman–Crippen LogP) is 2.40. The fraction of sp³-hybridized carbons (Fsp3) is 0.364. The number of carbonyl (C=O) groups excluding carboxylic acids is 1. The number of nitrogens with one attached hydrogen (secondary N) is 1. The van der Waals surface area contributed by atoms with Crippen molar-refractivity contribution < 1.29 is 9.18 Å². The first kappa shape index (κ1) is 10.7. The number of hydrogen-bond acceptors (Lipinski definition) is 1. The highest BCUT2D eigenvalue weighted by molar-refractivity contribution is 5.98. The van der Waals surface area contributed by atoms with Crippen molar-refractivity contribution in [1.82, 2.24) is 5.32 Å². The minimum atomic E-state index is -0.417. The second kappa shape index (κ2) is 4.22. The van der Waals surface area contributed by atoms with Crippen LogP contribution in [-0.4, -0.2) is 5.91 Å². The first-order chi connectivity index (χ1) is 6.68. The van der Waals surface area contributed by atoms with Gasteiger partial charge in [0.1, 0.15) is 5.82 Å². The third kappa shape index (κ3) is 1.76. The minimum absolute atomic E-state index is 0.209. The number of amides is 1. The van der Waals surface area contributed by atoms with E-state index in [1.165, 1.54) is 6.07 Å². The fourth-order valence-electron chi connectivity index (χ4n) is 1.47. The number of benzene rings is 1. The molecule has 0 spiro atoms. The molecule has 0 atom stereocenters. The Kier molecular flexibility index (Phi) is 3.23. The average Bonchev–Trinajstić information content (AvgIpc) is 2.51. The lowest BCUT2D eigenvalue weighted by Crippen LogP contribution is -2.13. The van der Waals surface area contributed by atoms with Gasteiger partial charge in [-0.3, -0.25) is 4.79 Å². The quantitative estimate of drug-likeness (QED) is 0.676. The zero-order chi connectivity index (χ0) is 10.7. The highest BCUT2D eigenvalue weighted by Crippen LogP contribution is 2.20. The SMILES string of the molecule is CC.Cc1cc(F)c2c(c1)CNC2=O. The summed E-state index contributed by atoms with van der Waals surface area (Å²) in [7, 11) is 0.